The van der Waals surface area contributed by atoms with Crippen molar-refractivity contribution in [3.8, 4) is 11.3 Å². The van der Waals surface area contributed by atoms with Crippen molar-refractivity contribution >= 4 is 17.5 Å². The first-order valence-electron chi connectivity index (χ1n) is 9.61. The Hall–Kier alpha value is -2.59. The molecule has 0 spiro atoms. The van der Waals surface area contributed by atoms with E-state index in [1.54, 1.807) is 0 Å². The van der Waals surface area contributed by atoms with Gasteiger partial charge in [0.15, 0.2) is 0 Å². The predicted molar refractivity (Wildman–Crippen MR) is 110 cm³/mol. The Bertz CT molecular complexity index is 946. The van der Waals surface area contributed by atoms with E-state index in [2.05, 4.69) is 5.16 Å². The lowest BCUT2D eigenvalue weighted by Crippen LogP contribution is -2.37. The highest BCUT2D eigenvalue weighted by Crippen LogP contribution is 2.49. The van der Waals surface area contributed by atoms with E-state index >= 15 is 0 Å². The number of rotatable bonds is 7. The summed E-state index contributed by atoms with van der Waals surface area (Å²) in [6.07, 6.45) is 3.40. The van der Waals surface area contributed by atoms with E-state index in [9.17, 15) is 4.79 Å². The molecule has 1 aliphatic rings. The van der Waals surface area contributed by atoms with Crippen molar-refractivity contribution in [2.24, 2.45) is 0 Å². The number of aryl methyl sites for hydroxylation is 1. The summed E-state index contributed by atoms with van der Waals surface area (Å²) in [5.41, 5.74) is 2.60. The summed E-state index contributed by atoms with van der Waals surface area (Å²) in [5, 5.41) is 4.85. The van der Waals surface area contributed by atoms with E-state index in [1.165, 1.54) is 0 Å². The Morgan fingerprint density at radius 1 is 1.14 bits per heavy atom. The molecule has 5 heteroatoms. The largest absolute Gasteiger partial charge is 0.361 e. The highest BCUT2D eigenvalue weighted by Gasteiger charge is 2.52. The van der Waals surface area contributed by atoms with Gasteiger partial charge >= 0.3 is 0 Å². The maximum Gasteiger partial charge on any atom is 0.232 e. The Kier molecular flexibility index (Phi) is 5.23. The van der Waals surface area contributed by atoms with Gasteiger partial charge in [0.25, 0.3) is 0 Å². The number of hydrogen-bond donors (Lipinski definition) is 0. The second-order valence-electron chi connectivity index (χ2n) is 7.46. The zero-order valence-electron chi connectivity index (χ0n) is 15.9. The second kappa shape index (κ2) is 7.80. The number of amides is 1. The molecule has 0 aliphatic heterocycles. The number of benzene rings is 2. The molecule has 144 valence electrons. The number of halogens is 1. The van der Waals surface area contributed by atoms with Gasteiger partial charge in [0.1, 0.15) is 11.5 Å². The molecule has 4 rings (SSSR count). The van der Waals surface area contributed by atoms with Gasteiger partial charge in [-0.25, -0.2) is 0 Å². The Balaban J connectivity index is 1.32. The van der Waals surface area contributed by atoms with Gasteiger partial charge in [-0.3, -0.25) is 4.79 Å². The van der Waals surface area contributed by atoms with Gasteiger partial charge < -0.3 is 9.42 Å². The normalized spacial score (nSPS) is 14.6. The molecule has 1 saturated carbocycles. The molecule has 0 saturated heterocycles. The molecule has 0 radical (unpaired) electrons. The van der Waals surface area contributed by atoms with Crippen LogP contribution in [0.3, 0.4) is 0 Å². The van der Waals surface area contributed by atoms with E-state index in [1.807, 2.05) is 72.6 Å². The quantitative estimate of drug-likeness (QED) is 0.558. The minimum Gasteiger partial charge on any atom is -0.361 e. The standard InChI is InChI=1S/C23H23ClN2O2/c1-26(22(27)23(13-14-23)18-9-11-19(24)12-10-18)15-5-8-20-16-21(25-28-20)17-6-3-2-4-7-17/h2-4,6-7,9-12,16H,5,8,13-15H2,1H3. The molecule has 1 aliphatic carbocycles. The summed E-state index contributed by atoms with van der Waals surface area (Å²) < 4.78 is 5.46. The molecule has 1 fully saturated rings. The monoisotopic (exact) mass is 394 g/mol. The molecule has 0 atom stereocenters. The van der Waals surface area contributed by atoms with Gasteiger partial charge in [-0.1, -0.05) is 59.2 Å². The summed E-state index contributed by atoms with van der Waals surface area (Å²) in [5.74, 6) is 1.04. The Morgan fingerprint density at radius 3 is 2.54 bits per heavy atom. The van der Waals surface area contributed by atoms with Crippen LogP contribution in [0.25, 0.3) is 11.3 Å². The van der Waals surface area contributed by atoms with Crippen LogP contribution in [0.4, 0.5) is 0 Å². The number of carbonyl (C=O) groups is 1. The van der Waals surface area contributed by atoms with Crippen molar-refractivity contribution in [1.82, 2.24) is 10.1 Å². The number of likely N-dealkylation sites (N-methyl/N-ethyl adjacent to an activating group) is 1. The van der Waals surface area contributed by atoms with Crippen LogP contribution in [-0.4, -0.2) is 29.6 Å². The number of nitrogens with zero attached hydrogens (tertiary/aromatic N) is 2. The summed E-state index contributed by atoms with van der Waals surface area (Å²) in [6, 6.07) is 19.6. The van der Waals surface area contributed by atoms with Gasteiger partial charge in [-0.2, -0.15) is 0 Å². The zero-order chi connectivity index (χ0) is 19.6. The number of hydrogen-bond acceptors (Lipinski definition) is 3. The minimum absolute atomic E-state index is 0.192. The van der Waals surface area contributed by atoms with Crippen molar-refractivity contribution in [3.63, 3.8) is 0 Å². The van der Waals surface area contributed by atoms with Gasteiger partial charge in [0.05, 0.1) is 5.41 Å². The van der Waals surface area contributed by atoms with E-state index in [4.69, 9.17) is 16.1 Å². The maximum atomic E-state index is 13.0. The lowest BCUT2D eigenvalue weighted by atomic mass is 9.94. The van der Waals surface area contributed by atoms with Crippen LogP contribution in [-0.2, 0) is 16.6 Å². The van der Waals surface area contributed by atoms with Crippen LogP contribution in [0.15, 0.2) is 65.2 Å². The smallest absolute Gasteiger partial charge is 0.232 e. The summed E-state index contributed by atoms with van der Waals surface area (Å²) in [4.78, 5) is 14.8. The van der Waals surface area contributed by atoms with Crippen molar-refractivity contribution in [2.75, 3.05) is 13.6 Å². The van der Waals surface area contributed by atoms with Crippen LogP contribution >= 0.6 is 11.6 Å². The molecule has 0 bridgehead atoms. The topological polar surface area (TPSA) is 46.3 Å². The van der Waals surface area contributed by atoms with Gasteiger partial charge in [-0.15, -0.1) is 0 Å². The molecular weight excluding hydrogens is 372 g/mol. The molecule has 28 heavy (non-hydrogen) atoms. The van der Waals surface area contributed by atoms with Crippen molar-refractivity contribution in [2.45, 2.75) is 31.1 Å². The van der Waals surface area contributed by atoms with Crippen LogP contribution in [0, 0.1) is 0 Å². The third-order valence-electron chi connectivity index (χ3n) is 5.45. The van der Waals surface area contributed by atoms with Crippen LogP contribution < -0.4 is 0 Å². The molecule has 0 unspecified atom stereocenters. The van der Waals surface area contributed by atoms with Crippen molar-refractivity contribution in [1.29, 1.82) is 0 Å². The van der Waals surface area contributed by atoms with Crippen molar-refractivity contribution in [3.05, 3.63) is 77.0 Å². The average Bonchev–Trinajstić information content (AvgIpc) is 3.40. The summed E-state index contributed by atoms with van der Waals surface area (Å²) >= 11 is 5.98. The fraction of sp³-hybridized carbons (Fsp3) is 0.304. The second-order valence-corrected chi connectivity index (χ2v) is 7.90. The lowest BCUT2D eigenvalue weighted by molar-refractivity contribution is -0.132. The minimum atomic E-state index is -0.355. The molecule has 1 heterocycles. The van der Waals surface area contributed by atoms with Crippen LogP contribution in [0.1, 0.15) is 30.6 Å². The molecule has 2 aromatic carbocycles. The predicted octanol–water partition coefficient (Wildman–Crippen LogP) is 5.12. The highest BCUT2D eigenvalue weighted by molar-refractivity contribution is 6.30. The first-order valence-corrected chi connectivity index (χ1v) is 9.99. The van der Waals surface area contributed by atoms with Crippen LogP contribution in [0.5, 0.6) is 0 Å². The summed E-state index contributed by atoms with van der Waals surface area (Å²) in [7, 11) is 1.88. The highest BCUT2D eigenvalue weighted by atomic mass is 35.5. The molecular formula is C23H23ClN2O2. The first kappa shape index (κ1) is 18.8. The molecule has 0 N–H and O–H groups in total. The average molecular weight is 395 g/mol. The summed E-state index contributed by atoms with van der Waals surface area (Å²) in [6.45, 7) is 0.690. The molecule has 1 amide bonds. The molecule has 1 aromatic heterocycles. The Morgan fingerprint density at radius 2 is 1.86 bits per heavy atom. The van der Waals surface area contributed by atoms with Crippen molar-refractivity contribution < 1.29 is 9.32 Å². The fourth-order valence-corrected chi connectivity index (χ4v) is 3.78. The van der Waals surface area contributed by atoms with Gasteiger partial charge in [0.2, 0.25) is 5.91 Å². The SMILES string of the molecule is CN(CCCc1cc(-c2ccccc2)no1)C(=O)C1(c2ccc(Cl)cc2)CC1. The fourth-order valence-electron chi connectivity index (χ4n) is 3.65. The van der Waals surface area contributed by atoms with E-state index in [0.717, 1.165) is 48.3 Å². The maximum absolute atomic E-state index is 13.0. The number of aromatic nitrogens is 1. The van der Waals surface area contributed by atoms with E-state index in [0.29, 0.717) is 11.6 Å². The van der Waals surface area contributed by atoms with Gasteiger partial charge in [0, 0.05) is 36.7 Å². The third kappa shape index (κ3) is 3.83. The molecule has 3 aromatic rings. The van der Waals surface area contributed by atoms with E-state index in [-0.39, 0.29) is 11.3 Å². The third-order valence-corrected chi connectivity index (χ3v) is 5.70. The van der Waals surface area contributed by atoms with Crippen LogP contribution in [0.2, 0.25) is 5.02 Å². The Labute approximate surface area is 170 Å². The lowest BCUT2D eigenvalue weighted by Gasteiger charge is -2.24. The van der Waals surface area contributed by atoms with E-state index < -0.39 is 0 Å². The first-order chi connectivity index (χ1) is 13.6. The molecule has 4 nitrogen and oxygen atoms in total. The van der Waals surface area contributed by atoms with Gasteiger partial charge in [-0.05, 0) is 37.0 Å². The number of carbonyl (C=O) groups excluding carboxylic acids is 1. The zero-order valence-corrected chi connectivity index (χ0v) is 16.7.